The standard InChI is InChI=1S/C17H15F5N2O/c1-9-6-11(16(18,19)17(20,21)22)7-10(2)14(9)15(25)24-13-5-3-4-12(23)8-13/h3-8H,23H2,1-2H3,(H,24,25). The summed E-state index contributed by atoms with van der Waals surface area (Å²) in [6.07, 6.45) is -5.71. The first-order chi connectivity index (χ1) is 11.4. The van der Waals surface area contributed by atoms with Crippen LogP contribution in [-0.4, -0.2) is 12.1 Å². The lowest BCUT2D eigenvalue weighted by molar-refractivity contribution is -0.289. The van der Waals surface area contributed by atoms with Crippen LogP contribution in [0.5, 0.6) is 0 Å². The first-order valence-electron chi connectivity index (χ1n) is 7.16. The van der Waals surface area contributed by atoms with E-state index in [4.69, 9.17) is 5.73 Å². The molecule has 0 aliphatic carbocycles. The number of nitrogens with two attached hydrogens (primary N) is 1. The highest BCUT2D eigenvalue weighted by molar-refractivity contribution is 6.06. The third-order valence-corrected chi connectivity index (χ3v) is 3.62. The van der Waals surface area contributed by atoms with Crippen LogP contribution in [0, 0.1) is 13.8 Å². The van der Waals surface area contributed by atoms with Gasteiger partial charge in [-0.05, 0) is 55.3 Å². The molecule has 0 bridgehead atoms. The quantitative estimate of drug-likeness (QED) is 0.612. The van der Waals surface area contributed by atoms with Gasteiger partial charge in [0.1, 0.15) is 0 Å². The zero-order chi connectivity index (χ0) is 19.0. The average Bonchev–Trinajstić information content (AvgIpc) is 2.45. The smallest absolute Gasteiger partial charge is 0.399 e. The van der Waals surface area contributed by atoms with Crippen LogP contribution in [-0.2, 0) is 5.92 Å². The van der Waals surface area contributed by atoms with E-state index >= 15 is 0 Å². The summed E-state index contributed by atoms with van der Waals surface area (Å²) >= 11 is 0. The Morgan fingerprint density at radius 2 is 1.56 bits per heavy atom. The maximum absolute atomic E-state index is 13.5. The Morgan fingerprint density at radius 1 is 1.00 bits per heavy atom. The monoisotopic (exact) mass is 358 g/mol. The molecule has 8 heteroatoms. The highest BCUT2D eigenvalue weighted by Crippen LogP contribution is 2.44. The third-order valence-electron chi connectivity index (χ3n) is 3.62. The van der Waals surface area contributed by atoms with E-state index in [-0.39, 0.29) is 16.7 Å². The number of carbonyl (C=O) groups is 1. The Balaban J connectivity index is 2.39. The lowest BCUT2D eigenvalue weighted by Crippen LogP contribution is -2.34. The SMILES string of the molecule is Cc1cc(C(F)(F)C(F)(F)F)cc(C)c1C(=O)Nc1cccc(N)c1. The Hall–Kier alpha value is -2.64. The normalized spacial score (nSPS) is 12.1. The van der Waals surface area contributed by atoms with Gasteiger partial charge in [0.2, 0.25) is 0 Å². The second kappa shape index (κ2) is 6.34. The van der Waals surface area contributed by atoms with E-state index in [1.54, 1.807) is 18.2 Å². The number of anilines is 2. The highest BCUT2D eigenvalue weighted by atomic mass is 19.4. The summed E-state index contributed by atoms with van der Waals surface area (Å²) in [5.41, 5.74) is 5.25. The number of halogens is 5. The van der Waals surface area contributed by atoms with E-state index in [0.717, 1.165) is 0 Å². The second-order valence-electron chi connectivity index (χ2n) is 5.64. The molecule has 0 radical (unpaired) electrons. The van der Waals surface area contributed by atoms with E-state index in [1.165, 1.54) is 19.9 Å². The number of aryl methyl sites for hydroxylation is 2. The van der Waals surface area contributed by atoms with Crippen LogP contribution in [0.2, 0.25) is 0 Å². The number of hydrogen-bond donors (Lipinski definition) is 2. The van der Waals surface area contributed by atoms with Crippen molar-refractivity contribution in [2.75, 3.05) is 11.1 Å². The maximum atomic E-state index is 13.5. The molecule has 0 aromatic heterocycles. The molecule has 0 saturated heterocycles. The molecule has 0 aliphatic rings. The maximum Gasteiger partial charge on any atom is 0.458 e. The van der Waals surface area contributed by atoms with Gasteiger partial charge in [-0.15, -0.1) is 0 Å². The number of rotatable bonds is 3. The Morgan fingerprint density at radius 3 is 2.04 bits per heavy atom. The molecule has 2 aromatic carbocycles. The van der Waals surface area contributed by atoms with Gasteiger partial charge in [0.15, 0.2) is 0 Å². The number of nitrogen functional groups attached to an aromatic ring is 1. The Kier molecular flexibility index (Phi) is 4.74. The van der Waals surface area contributed by atoms with Crippen LogP contribution in [0.4, 0.5) is 33.3 Å². The molecule has 0 aliphatic heterocycles. The minimum Gasteiger partial charge on any atom is -0.399 e. The van der Waals surface area contributed by atoms with Crippen LogP contribution < -0.4 is 11.1 Å². The summed E-state index contributed by atoms with van der Waals surface area (Å²) in [6, 6.07) is 7.64. The fourth-order valence-electron chi connectivity index (χ4n) is 2.48. The van der Waals surface area contributed by atoms with Gasteiger partial charge in [0.25, 0.3) is 5.91 Å². The van der Waals surface area contributed by atoms with E-state index in [0.29, 0.717) is 23.5 Å². The molecule has 0 spiro atoms. The molecule has 2 aromatic rings. The predicted molar refractivity (Wildman–Crippen MR) is 84.7 cm³/mol. The zero-order valence-electron chi connectivity index (χ0n) is 13.3. The minimum absolute atomic E-state index is 0.0142. The van der Waals surface area contributed by atoms with Crippen molar-refractivity contribution in [1.29, 1.82) is 0 Å². The molecule has 0 heterocycles. The van der Waals surface area contributed by atoms with Crippen LogP contribution in [0.15, 0.2) is 36.4 Å². The van der Waals surface area contributed by atoms with Gasteiger partial charge in [-0.1, -0.05) is 6.07 Å². The van der Waals surface area contributed by atoms with E-state index in [1.807, 2.05) is 0 Å². The fourth-order valence-corrected chi connectivity index (χ4v) is 2.48. The summed E-state index contributed by atoms with van der Waals surface area (Å²) in [4.78, 5) is 12.4. The molecular weight excluding hydrogens is 343 g/mol. The second-order valence-corrected chi connectivity index (χ2v) is 5.64. The van der Waals surface area contributed by atoms with E-state index < -0.39 is 23.6 Å². The van der Waals surface area contributed by atoms with Gasteiger partial charge in [-0.2, -0.15) is 22.0 Å². The number of benzene rings is 2. The summed E-state index contributed by atoms with van der Waals surface area (Å²) in [5, 5.41) is 2.54. The van der Waals surface area contributed by atoms with Crippen LogP contribution in [0.25, 0.3) is 0 Å². The summed E-state index contributed by atoms with van der Waals surface area (Å²) < 4.78 is 64.6. The molecule has 1 amide bonds. The van der Waals surface area contributed by atoms with E-state index in [2.05, 4.69) is 5.32 Å². The molecule has 25 heavy (non-hydrogen) atoms. The number of amides is 1. The number of alkyl halides is 5. The molecule has 0 unspecified atom stereocenters. The minimum atomic E-state index is -5.71. The molecule has 0 atom stereocenters. The first kappa shape index (κ1) is 18.7. The van der Waals surface area contributed by atoms with Crippen LogP contribution in [0.3, 0.4) is 0 Å². The lowest BCUT2D eigenvalue weighted by Gasteiger charge is -2.22. The third kappa shape index (κ3) is 3.72. The van der Waals surface area contributed by atoms with Gasteiger partial charge >= 0.3 is 12.1 Å². The van der Waals surface area contributed by atoms with Crippen molar-refractivity contribution >= 4 is 17.3 Å². The number of nitrogens with one attached hydrogen (secondary N) is 1. The fraction of sp³-hybridized carbons (Fsp3) is 0.235. The van der Waals surface area contributed by atoms with Gasteiger partial charge in [-0.3, -0.25) is 4.79 Å². The molecule has 134 valence electrons. The van der Waals surface area contributed by atoms with Crippen molar-refractivity contribution < 1.29 is 26.7 Å². The topological polar surface area (TPSA) is 55.1 Å². The molecule has 3 nitrogen and oxygen atoms in total. The van der Waals surface area contributed by atoms with Crippen molar-refractivity contribution in [3.8, 4) is 0 Å². The van der Waals surface area contributed by atoms with Crippen molar-refractivity contribution in [3.05, 3.63) is 58.7 Å². The summed E-state index contributed by atoms with van der Waals surface area (Å²) in [6.45, 7) is 2.61. The van der Waals surface area contributed by atoms with Gasteiger partial charge < -0.3 is 11.1 Å². The predicted octanol–water partition coefficient (Wildman–Crippen LogP) is 4.79. The van der Waals surface area contributed by atoms with Crippen LogP contribution in [0.1, 0.15) is 27.0 Å². The number of hydrogen-bond acceptors (Lipinski definition) is 2. The first-order valence-corrected chi connectivity index (χ1v) is 7.16. The summed E-state index contributed by atoms with van der Waals surface area (Å²) in [7, 11) is 0. The van der Waals surface area contributed by atoms with Gasteiger partial charge in [-0.25, -0.2) is 0 Å². The lowest BCUT2D eigenvalue weighted by atomic mass is 9.95. The highest BCUT2D eigenvalue weighted by Gasteiger charge is 2.58. The van der Waals surface area contributed by atoms with Gasteiger partial charge in [0.05, 0.1) is 0 Å². The van der Waals surface area contributed by atoms with Crippen molar-refractivity contribution in [1.82, 2.24) is 0 Å². The molecule has 0 saturated carbocycles. The molecule has 3 N–H and O–H groups in total. The Bertz CT molecular complexity index is 792. The largest absolute Gasteiger partial charge is 0.458 e. The number of carbonyl (C=O) groups excluding carboxylic acids is 1. The average molecular weight is 358 g/mol. The molecule has 0 fully saturated rings. The zero-order valence-corrected chi connectivity index (χ0v) is 13.3. The van der Waals surface area contributed by atoms with Crippen molar-refractivity contribution in [2.24, 2.45) is 0 Å². The van der Waals surface area contributed by atoms with Crippen LogP contribution >= 0.6 is 0 Å². The van der Waals surface area contributed by atoms with Gasteiger partial charge in [0, 0.05) is 22.5 Å². The Labute approximate surface area is 140 Å². The molecular formula is C17H15F5N2O. The van der Waals surface area contributed by atoms with E-state index in [9.17, 15) is 26.7 Å². The summed E-state index contributed by atoms with van der Waals surface area (Å²) in [5.74, 6) is -5.62. The van der Waals surface area contributed by atoms with Crippen molar-refractivity contribution in [3.63, 3.8) is 0 Å². The van der Waals surface area contributed by atoms with Crippen molar-refractivity contribution in [2.45, 2.75) is 25.9 Å². The molecule has 2 rings (SSSR count).